The number of guanidine groups is 1. The van der Waals surface area contributed by atoms with Gasteiger partial charge in [-0.1, -0.05) is 33.6 Å². The summed E-state index contributed by atoms with van der Waals surface area (Å²) in [5, 5.41) is 7.55. The summed E-state index contributed by atoms with van der Waals surface area (Å²) in [5.41, 5.74) is 1.02. The lowest BCUT2D eigenvalue weighted by atomic mass is 9.96. The van der Waals surface area contributed by atoms with Gasteiger partial charge in [0.2, 0.25) is 0 Å². The molecule has 2 bridgehead atoms. The SMILES string of the molecule is CCNC(=NCc1ccc(Br)cc1Cl)NC1CC2CCC1O2. The number of aliphatic imine (C=N–C) groups is 1. The fourth-order valence-corrected chi connectivity index (χ4v) is 3.83. The van der Waals surface area contributed by atoms with Crippen molar-refractivity contribution in [2.75, 3.05) is 6.54 Å². The Morgan fingerprint density at radius 3 is 2.95 bits per heavy atom. The van der Waals surface area contributed by atoms with Crippen LogP contribution in [0.2, 0.25) is 5.02 Å². The van der Waals surface area contributed by atoms with Crippen LogP contribution in [0, 0.1) is 0 Å². The largest absolute Gasteiger partial charge is 0.373 e. The van der Waals surface area contributed by atoms with E-state index >= 15 is 0 Å². The van der Waals surface area contributed by atoms with Crippen molar-refractivity contribution >= 4 is 33.5 Å². The van der Waals surface area contributed by atoms with E-state index in [1.165, 1.54) is 6.42 Å². The van der Waals surface area contributed by atoms with Crippen LogP contribution in [0.5, 0.6) is 0 Å². The summed E-state index contributed by atoms with van der Waals surface area (Å²) in [7, 11) is 0. The number of nitrogens with one attached hydrogen (secondary N) is 2. The van der Waals surface area contributed by atoms with Crippen LogP contribution >= 0.6 is 27.5 Å². The molecule has 3 atom stereocenters. The fourth-order valence-electron chi connectivity index (χ4n) is 3.10. The Morgan fingerprint density at radius 1 is 1.45 bits per heavy atom. The van der Waals surface area contributed by atoms with E-state index < -0.39 is 0 Å². The molecule has 6 heteroatoms. The van der Waals surface area contributed by atoms with E-state index in [1.807, 2.05) is 18.2 Å². The van der Waals surface area contributed by atoms with E-state index in [9.17, 15) is 0 Å². The van der Waals surface area contributed by atoms with E-state index in [4.69, 9.17) is 16.3 Å². The Bertz CT molecular complexity index is 566. The van der Waals surface area contributed by atoms with Gasteiger partial charge in [0.25, 0.3) is 0 Å². The minimum Gasteiger partial charge on any atom is -0.373 e. The van der Waals surface area contributed by atoms with Gasteiger partial charge in [-0.05, 0) is 43.9 Å². The molecule has 2 N–H and O–H groups in total. The molecule has 0 aromatic heterocycles. The van der Waals surface area contributed by atoms with Gasteiger partial charge >= 0.3 is 0 Å². The minimum atomic E-state index is 0.338. The predicted octanol–water partition coefficient (Wildman–Crippen LogP) is 3.48. The molecule has 2 heterocycles. The van der Waals surface area contributed by atoms with Gasteiger partial charge in [0.15, 0.2) is 5.96 Å². The minimum absolute atomic E-state index is 0.338. The van der Waals surface area contributed by atoms with Gasteiger partial charge in [0.1, 0.15) is 0 Å². The number of halogens is 2. The Balaban J connectivity index is 1.65. The van der Waals surface area contributed by atoms with Gasteiger partial charge in [-0.3, -0.25) is 0 Å². The van der Waals surface area contributed by atoms with E-state index in [0.717, 1.165) is 40.4 Å². The zero-order valence-corrected chi connectivity index (χ0v) is 15.0. The van der Waals surface area contributed by atoms with E-state index in [2.05, 4.69) is 38.5 Å². The molecule has 3 rings (SSSR count). The maximum Gasteiger partial charge on any atom is 0.191 e. The van der Waals surface area contributed by atoms with Crippen molar-refractivity contribution in [2.45, 2.75) is 51.0 Å². The van der Waals surface area contributed by atoms with Crippen molar-refractivity contribution in [1.29, 1.82) is 0 Å². The second-order valence-electron chi connectivity index (χ2n) is 5.79. The molecule has 1 aromatic carbocycles. The molecule has 2 saturated heterocycles. The average Bonchev–Trinajstić information content (AvgIpc) is 3.09. The molecule has 2 aliphatic heterocycles. The first kappa shape index (κ1) is 16.1. The van der Waals surface area contributed by atoms with E-state index in [-0.39, 0.29) is 0 Å². The highest BCUT2D eigenvalue weighted by atomic mass is 79.9. The number of rotatable bonds is 4. The molecule has 2 fully saturated rings. The number of fused-ring (bicyclic) bond motifs is 2. The molecule has 2 aliphatic rings. The van der Waals surface area contributed by atoms with Crippen LogP contribution in [0.25, 0.3) is 0 Å². The molecule has 0 amide bonds. The van der Waals surface area contributed by atoms with Crippen molar-refractivity contribution in [1.82, 2.24) is 10.6 Å². The summed E-state index contributed by atoms with van der Waals surface area (Å²) in [6.45, 7) is 3.46. The molecule has 3 unspecified atom stereocenters. The molecule has 4 nitrogen and oxygen atoms in total. The van der Waals surface area contributed by atoms with Gasteiger partial charge in [0.05, 0.1) is 24.8 Å². The Morgan fingerprint density at radius 2 is 2.32 bits per heavy atom. The van der Waals surface area contributed by atoms with Crippen LogP contribution in [0.3, 0.4) is 0 Å². The number of hydrogen-bond acceptors (Lipinski definition) is 2. The second-order valence-corrected chi connectivity index (χ2v) is 7.11. The van der Waals surface area contributed by atoms with Crippen molar-refractivity contribution in [3.8, 4) is 0 Å². The second kappa shape index (κ2) is 7.20. The topological polar surface area (TPSA) is 45.7 Å². The monoisotopic (exact) mass is 385 g/mol. The predicted molar refractivity (Wildman–Crippen MR) is 93.4 cm³/mol. The molecule has 120 valence electrons. The van der Waals surface area contributed by atoms with E-state index in [1.54, 1.807) is 0 Å². The Labute approximate surface area is 144 Å². The highest BCUT2D eigenvalue weighted by molar-refractivity contribution is 9.10. The van der Waals surface area contributed by atoms with Crippen molar-refractivity contribution in [3.63, 3.8) is 0 Å². The summed E-state index contributed by atoms with van der Waals surface area (Å²) in [6, 6.07) is 6.26. The van der Waals surface area contributed by atoms with Crippen LogP contribution in [-0.4, -0.2) is 30.8 Å². The molecular weight excluding hydrogens is 366 g/mol. The maximum absolute atomic E-state index is 6.25. The average molecular weight is 387 g/mol. The third-order valence-corrected chi connectivity index (χ3v) is 5.04. The maximum atomic E-state index is 6.25. The number of ether oxygens (including phenoxy) is 1. The number of benzene rings is 1. The first-order chi connectivity index (χ1) is 10.7. The lowest BCUT2D eigenvalue weighted by molar-refractivity contribution is 0.0992. The van der Waals surface area contributed by atoms with Gasteiger partial charge in [-0.2, -0.15) is 0 Å². The molecular formula is C16H21BrClN3O. The normalized spacial score (nSPS) is 27.2. The van der Waals surface area contributed by atoms with Gasteiger partial charge < -0.3 is 15.4 Å². The summed E-state index contributed by atoms with van der Waals surface area (Å²) in [5.74, 6) is 0.836. The smallest absolute Gasteiger partial charge is 0.191 e. The van der Waals surface area contributed by atoms with Crippen LogP contribution in [0.4, 0.5) is 0 Å². The van der Waals surface area contributed by atoms with E-state index in [0.29, 0.717) is 24.8 Å². The standard InChI is InChI=1S/C16H21BrClN3O/c1-2-19-16(21-14-8-12-5-6-15(14)22-12)20-9-10-3-4-11(17)7-13(10)18/h3-4,7,12,14-15H,2,5-6,8-9H2,1H3,(H2,19,20,21). The summed E-state index contributed by atoms with van der Waals surface area (Å²) >= 11 is 9.67. The lowest BCUT2D eigenvalue weighted by Crippen LogP contribution is -2.47. The lowest BCUT2D eigenvalue weighted by Gasteiger charge is -2.22. The van der Waals surface area contributed by atoms with Gasteiger partial charge in [-0.15, -0.1) is 0 Å². The summed E-state index contributed by atoms with van der Waals surface area (Å²) in [6.07, 6.45) is 4.20. The molecule has 0 aliphatic carbocycles. The fraction of sp³-hybridized carbons (Fsp3) is 0.562. The zero-order chi connectivity index (χ0) is 15.5. The zero-order valence-electron chi connectivity index (χ0n) is 12.6. The third kappa shape index (κ3) is 3.76. The van der Waals surface area contributed by atoms with Crippen LogP contribution in [0.15, 0.2) is 27.7 Å². The van der Waals surface area contributed by atoms with Crippen molar-refractivity contribution in [2.24, 2.45) is 4.99 Å². The Kier molecular flexibility index (Phi) is 5.26. The summed E-state index contributed by atoms with van der Waals surface area (Å²) < 4.78 is 6.87. The van der Waals surface area contributed by atoms with Crippen molar-refractivity contribution < 1.29 is 4.74 Å². The van der Waals surface area contributed by atoms with Crippen LogP contribution in [0.1, 0.15) is 31.7 Å². The Hall–Kier alpha value is -0.780. The summed E-state index contributed by atoms with van der Waals surface area (Å²) in [4.78, 5) is 4.66. The van der Waals surface area contributed by atoms with Gasteiger partial charge in [0, 0.05) is 16.0 Å². The van der Waals surface area contributed by atoms with Crippen molar-refractivity contribution in [3.05, 3.63) is 33.3 Å². The molecule has 0 spiro atoms. The first-order valence-corrected chi connectivity index (χ1v) is 8.97. The third-order valence-electron chi connectivity index (χ3n) is 4.19. The van der Waals surface area contributed by atoms with Gasteiger partial charge in [-0.25, -0.2) is 4.99 Å². The molecule has 22 heavy (non-hydrogen) atoms. The molecule has 1 aromatic rings. The highest BCUT2D eigenvalue weighted by Gasteiger charge is 2.41. The molecule has 0 radical (unpaired) electrons. The first-order valence-electron chi connectivity index (χ1n) is 7.80. The highest BCUT2D eigenvalue weighted by Crippen LogP contribution is 2.34. The quantitative estimate of drug-likeness (QED) is 0.615. The number of hydrogen-bond donors (Lipinski definition) is 2. The van der Waals surface area contributed by atoms with Crippen LogP contribution < -0.4 is 10.6 Å². The van der Waals surface area contributed by atoms with Crippen LogP contribution in [-0.2, 0) is 11.3 Å². The molecule has 0 saturated carbocycles. The number of nitrogens with zero attached hydrogens (tertiary/aromatic N) is 1.